The van der Waals surface area contributed by atoms with Gasteiger partial charge in [-0.2, -0.15) is 0 Å². The smallest absolute Gasteiger partial charge is 0.191 e. The number of guanidine groups is 1. The summed E-state index contributed by atoms with van der Waals surface area (Å²) in [5, 5.41) is 6.99. The second kappa shape index (κ2) is 12.5. The Morgan fingerprint density at radius 3 is 2.50 bits per heavy atom. The molecule has 142 valence electrons. The molecule has 1 saturated heterocycles. The molecular weight excluding hydrogens is 298 g/mol. The Hall–Kier alpha value is -0.810. The predicted octanol–water partition coefficient (Wildman–Crippen LogP) is 2.39. The maximum Gasteiger partial charge on any atom is 0.191 e. The number of rotatable bonds is 10. The van der Waals surface area contributed by atoms with E-state index in [1.807, 2.05) is 7.05 Å². The van der Waals surface area contributed by atoms with Gasteiger partial charge in [0.25, 0.3) is 0 Å². The lowest BCUT2D eigenvalue weighted by atomic mass is 9.99. The minimum Gasteiger partial charge on any atom is -0.355 e. The van der Waals surface area contributed by atoms with Crippen molar-refractivity contribution in [2.24, 2.45) is 10.9 Å². The van der Waals surface area contributed by atoms with Gasteiger partial charge in [-0.05, 0) is 71.2 Å². The van der Waals surface area contributed by atoms with Gasteiger partial charge in [-0.3, -0.25) is 4.99 Å². The SMILES string of the molecule is CCN(CC)CCCC(C)NC(=NC)NCCN1CCC(C)CC1. The summed E-state index contributed by atoms with van der Waals surface area (Å²) in [5.41, 5.74) is 0. The van der Waals surface area contributed by atoms with Crippen molar-refractivity contribution < 1.29 is 0 Å². The number of hydrogen-bond acceptors (Lipinski definition) is 3. The van der Waals surface area contributed by atoms with Crippen molar-refractivity contribution in [3.8, 4) is 0 Å². The fourth-order valence-electron chi connectivity index (χ4n) is 3.28. The molecule has 1 fully saturated rings. The van der Waals surface area contributed by atoms with Crippen LogP contribution in [0.2, 0.25) is 0 Å². The third kappa shape index (κ3) is 8.88. The topological polar surface area (TPSA) is 42.9 Å². The van der Waals surface area contributed by atoms with Crippen molar-refractivity contribution in [2.45, 2.75) is 59.4 Å². The summed E-state index contributed by atoms with van der Waals surface area (Å²) in [6.45, 7) is 17.2. The second-order valence-electron chi connectivity index (χ2n) is 7.24. The maximum atomic E-state index is 4.36. The average Bonchev–Trinajstić information content (AvgIpc) is 2.59. The van der Waals surface area contributed by atoms with Crippen molar-refractivity contribution in [1.29, 1.82) is 0 Å². The van der Waals surface area contributed by atoms with E-state index >= 15 is 0 Å². The Labute approximate surface area is 150 Å². The minimum absolute atomic E-state index is 0.461. The summed E-state index contributed by atoms with van der Waals surface area (Å²) in [6.07, 6.45) is 5.10. The molecule has 0 spiro atoms. The number of piperidine rings is 1. The van der Waals surface area contributed by atoms with Crippen molar-refractivity contribution >= 4 is 5.96 Å². The fourth-order valence-corrected chi connectivity index (χ4v) is 3.28. The molecule has 1 atom stereocenters. The Balaban J connectivity index is 2.15. The molecule has 1 heterocycles. The van der Waals surface area contributed by atoms with Gasteiger partial charge in [0, 0.05) is 26.2 Å². The highest BCUT2D eigenvalue weighted by Gasteiger charge is 2.15. The molecule has 0 aromatic carbocycles. The largest absolute Gasteiger partial charge is 0.355 e. The number of nitrogens with zero attached hydrogens (tertiary/aromatic N) is 3. The van der Waals surface area contributed by atoms with Crippen LogP contribution in [0.25, 0.3) is 0 Å². The quantitative estimate of drug-likeness (QED) is 0.474. The molecule has 0 aromatic rings. The molecule has 1 aliphatic heterocycles. The maximum absolute atomic E-state index is 4.36. The summed E-state index contributed by atoms with van der Waals surface area (Å²) < 4.78 is 0. The van der Waals surface area contributed by atoms with E-state index in [2.05, 4.69) is 53.1 Å². The first kappa shape index (κ1) is 21.2. The summed E-state index contributed by atoms with van der Waals surface area (Å²) in [4.78, 5) is 9.41. The Morgan fingerprint density at radius 2 is 1.92 bits per heavy atom. The minimum atomic E-state index is 0.461. The first-order chi connectivity index (χ1) is 11.6. The van der Waals surface area contributed by atoms with E-state index in [-0.39, 0.29) is 0 Å². The first-order valence-corrected chi connectivity index (χ1v) is 10.0. The van der Waals surface area contributed by atoms with E-state index in [9.17, 15) is 0 Å². The van der Waals surface area contributed by atoms with Crippen LogP contribution in [-0.4, -0.2) is 74.7 Å². The third-order valence-corrected chi connectivity index (χ3v) is 5.21. The van der Waals surface area contributed by atoms with Gasteiger partial charge in [-0.15, -0.1) is 0 Å². The summed E-state index contributed by atoms with van der Waals surface area (Å²) in [5.74, 6) is 1.84. The zero-order valence-corrected chi connectivity index (χ0v) is 16.8. The van der Waals surface area contributed by atoms with Gasteiger partial charge in [0.1, 0.15) is 0 Å². The highest BCUT2D eigenvalue weighted by Crippen LogP contribution is 2.15. The molecule has 5 heteroatoms. The normalized spacial score (nSPS) is 18.8. The first-order valence-electron chi connectivity index (χ1n) is 10.0. The van der Waals surface area contributed by atoms with Crippen molar-refractivity contribution in [2.75, 3.05) is 52.9 Å². The van der Waals surface area contributed by atoms with E-state index in [0.717, 1.165) is 38.1 Å². The zero-order valence-electron chi connectivity index (χ0n) is 16.8. The molecule has 2 N–H and O–H groups in total. The Morgan fingerprint density at radius 1 is 1.25 bits per heavy atom. The summed E-state index contributed by atoms with van der Waals surface area (Å²) >= 11 is 0. The van der Waals surface area contributed by atoms with Gasteiger partial charge >= 0.3 is 0 Å². The van der Waals surface area contributed by atoms with Gasteiger partial charge in [-0.25, -0.2) is 0 Å². The number of likely N-dealkylation sites (tertiary alicyclic amines) is 1. The van der Waals surface area contributed by atoms with Crippen molar-refractivity contribution in [1.82, 2.24) is 20.4 Å². The molecule has 0 saturated carbocycles. The molecule has 0 bridgehead atoms. The van der Waals surface area contributed by atoms with E-state index in [0.29, 0.717) is 6.04 Å². The van der Waals surface area contributed by atoms with Crippen molar-refractivity contribution in [3.05, 3.63) is 0 Å². The summed E-state index contributed by atoms with van der Waals surface area (Å²) in [7, 11) is 1.86. The van der Waals surface area contributed by atoms with Gasteiger partial charge in [0.2, 0.25) is 0 Å². The molecule has 24 heavy (non-hydrogen) atoms. The zero-order chi connectivity index (χ0) is 17.8. The highest BCUT2D eigenvalue weighted by atomic mass is 15.2. The number of hydrogen-bond donors (Lipinski definition) is 2. The van der Waals surface area contributed by atoms with Crippen LogP contribution in [-0.2, 0) is 0 Å². The van der Waals surface area contributed by atoms with Crippen molar-refractivity contribution in [3.63, 3.8) is 0 Å². The molecule has 5 nitrogen and oxygen atoms in total. The lowest BCUT2D eigenvalue weighted by molar-refractivity contribution is 0.195. The van der Waals surface area contributed by atoms with Gasteiger partial charge in [0.15, 0.2) is 5.96 Å². The van der Waals surface area contributed by atoms with E-state index in [4.69, 9.17) is 0 Å². The molecule has 0 radical (unpaired) electrons. The lowest BCUT2D eigenvalue weighted by Crippen LogP contribution is -2.45. The average molecular weight is 340 g/mol. The molecule has 0 aliphatic carbocycles. The Bertz CT molecular complexity index is 333. The van der Waals surface area contributed by atoms with Gasteiger partial charge in [-0.1, -0.05) is 20.8 Å². The summed E-state index contributed by atoms with van der Waals surface area (Å²) in [6, 6.07) is 0.461. The van der Waals surface area contributed by atoms with Crippen LogP contribution in [0.1, 0.15) is 53.4 Å². The molecule has 0 aromatic heterocycles. The van der Waals surface area contributed by atoms with E-state index in [1.165, 1.54) is 45.3 Å². The van der Waals surface area contributed by atoms with E-state index in [1.54, 1.807) is 0 Å². The van der Waals surface area contributed by atoms with Crippen LogP contribution in [0.4, 0.5) is 0 Å². The van der Waals surface area contributed by atoms with Crippen LogP contribution in [0.3, 0.4) is 0 Å². The lowest BCUT2D eigenvalue weighted by Gasteiger charge is -2.30. The molecule has 1 unspecified atom stereocenters. The number of nitrogens with one attached hydrogen (secondary N) is 2. The molecule has 1 aliphatic rings. The fraction of sp³-hybridized carbons (Fsp3) is 0.947. The predicted molar refractivity (Wildman–Crippen MR) is 106 cm³/mol. The number of aliphatic imine (C=N–C) groups is 1. The second-order valence-corrected chi connectivity index (χ2v) is 7.24. The van der Waals surface area contributed by atoms with Crippen LogP contribution in [0.15, 0.2) is 4.99 Å². The van der Waals surface area contributed by atoms with Gasteiger partial charge in [0.05, 0.1) is 0 Å². The standard InChI is InChI=1S/C19H41N5/c1-6-23(7-2)13-8-9-18(4)22-19(20-5)21-12-16-24-14-10-17(3)11-15-24/h17-18H,6-16H2,1-5H3,(H2,20,21,22). The van der Waals surface area contributed by atoms with Crippen LogP contribution >= 0.6 is 0 Å². The molecule has 0 amide bonds. The van der Waals surface area contributed by atoms with Crippen LogP contribution < -0.4 is 10.6 Å². The molecule has 1 rings (SSSR count). The highest BCUT2D eigenvalue weighted by molar-refractivity contribution is 5.79. The van der Waals surface area contributed by atoms with Crippen LogP contribution in [0, 0.1) is 5.92 Å². The van der Waals surface area contributed by atoms with E-state index < -0.39 is 0 Å². The molecular formula is C19H41N5. The Kier molecular flexibility index (Phi) is 11.1. The monoisotopic (exact) mass is 339 g/mol. The third-order valence-electron chi connectivity index (χ3n) is 5.21. The van der Waals surface area contributed by atoms with Crippen LogP contribution in [0.5, 0.6) is 0 Å². The van der Waals surface area contributed by atoms with Gasteiger partial charge < -0.3 is 20.4 Å².